The number of nitrogens with one attached hydrogen (secondary N) is 1. The number of oxazole rings is 1. The molecule has 1 fully saturated rings. The van der Waals surface area contributed by atoms with Crippen LogP contribution in [-0.4, -0.2) is 26.4 Å². The van der Waals surface area contributed by atoms with E-state index in [-0.39, 0.29) is 11.9 Å². The number of nitrogens with zero attached hydrogens (tertiary/aromatic N) is 3. The molecule has 2 aliphatic rings. The lowest BCUT2D eigenvalue weighted by atomic mass is 9.95. The van der Waals surface area contributed by atoms with E-state index in [1.165, 1.54) is 25.0 Å². The molecule has 0 radical (unpaired) electrons. The molecular formula is C19H19FN4O. The van der Waals surface area contributed by atoms with E-state index in [9.17, 15) is 4.39 Å². The van der Waals surface area contributed by atoms with Gasteiger partial charge in [0.05, 0.1) is 23.8 Å². The summed E-state index contributed by atoms with van der Waals surface area (Å²) in [4.78, 5) is 14.8. The zero-order valence-corrected chi connectivity index (χ0v) is 13.8. The monoisotopic (exact) mass is 338 g/mol. The molecule has 0 saturated heterocycles. The van der Waals surface area contributed by atoms with Gasteiger partial charge < -0.3 is 9.40 Å². The molecule has 3 aromatic rings. The van der Waals surface area contributed by atoms with Crippen LogP contribution in [0.2, 0.25) is 0 Å². The van der Waals surface area contributed by atoms with Crippen LogP contribution < -0.4 is 0 Å². The zero-order chi connectivity index (χ0) is 16.8. The van der Waals surface area contributed by atoms with Crippen molar-refractivity contribution in [1.82, 2.24) is 19.9 Å². The van der Waals surface area contributed by atoms with Gasteiger partial charge in [-0.15, -0.1) is 0 Å². The SMILES string of the molecule is Fc1ccc(C2c3nc[nH]c3CCN2Cc2coc(C3CC3)n2)cc1. The predicted molar refractivity (Wildman–Crippen MR) is 89.4 cm³/mol. The molecule has 1 unspecified atom stereocenters. The average molecular weight is 338 g/mol. The lowest BCUT2D eigenvalue weighted by Crippen LogP contribution is -2.36. The van der Waals surface area contributed by atoms with Crippen molar-refractivity contribution in [2.75, 3.05) is 6.54 Å². The van der Waals surface area contributed by atoms with Gasteiger partial charge in [0.2, 0.25) is 0 Å². The van der Waals surface area contributed by atoms with Crippen molar-refractivity contribution in [1.29, 1.82) is 0 Å². The van der Waals surface area contributed by atoms with Crippen LogP contribution in [0.15, 0.2) is 41.3 Å². The fourth-order valence-electron chi connectivity index (χ4n) is 3.63. The van der Waals surface area contributed by atoms with Crippen molar-refractivity contribution in [3.63, 3.8) is 0 Å². The molecule has 2 aromatic heterocycles. The van der Waals surface area contributed by atoms with Crippen LogP contribution in [0.5, 0.6) is 0 Å². The number of halogens is 1. The van der Waals surface area contributed by atoms with Crippen LogP contribution in [0.3, 0.4) is 0 Å². The van der Waals surface area contributed by atoms with Gasteiger partial charge in [0.1, 0.15) is 12.1 Å². The number of rotatable bonds is 4. The van der Waals surface area contributed by atoms with Gasteiger partial charge in [-0.25, -0.2) is 14.4 Å². The Morgan fingerprint density at radius 1 is 1.24 bits per heavy atom. The number of fused-ring (bicyclic) bond motifs is 1. The number of imidazole rings is 1. The van der Waals surface area contributed by atoms with Crippen molar-refractivity contribution in [2.24, 2.45) is 0 Å². The number of H-pyrrole nitrogens is 1. The molecule has 1 aliphatic heterocycles. The van der Waals surface area contributed by atoms with Crippen LogP contribution in [0.1, 0.15) is 53.3 Å². The lowest BCUT2D eigenvalue weighted by molar-refractivity contribution is 0.198. The summed E-state index contributed by atoms with van der Waals surface area (Å²) >= 11 is 0. The maximum absolute atomic E-state index is 13.4. The second kappa shape index (κ2) is 5.81. The Bertz CT molecular complexity index is 881. The summed E-state index contributed by atoms with van der Waals surface area (Å²) in [5.41, 5.74) is 4.17. The van der Waals surface area contributed by atoms with Crippen LogP contribution >= 0.6 is 0 Å². The van der Waals surface area contributed by atoms with Crippen LogP contribution in [0.25, 0.3) is 0 Å². The van der Waals surface area contributed by atoms with Gasteiger partial charge in [-0.2, -0.15) is 0 Å². The summed E-state index contributed by atoms with van der Waals surface area (Å²) in [6.07, 6.45) is 6.79. The molecule has 25 heavy (non-hydrogen) atoms. The van der Waals surface area contributed by atoms with E-state index < -0.39 is 0 Å². The van der Waals surface area contributed by atoms with Crippen LogP contribution in [-0.2, 0) is 13.0 Å². The molecule has 128 valence electrons. The normalized spacial score (nSPS) is 20.6. The van der Waals surface area contributed by atoms with Crippen LogP contribution in [0.4, 0.5) is 4.39 Å². The molecule has 1 N–H and O–H groups in total. The third-order valence-corrected chi connectivity index (χ3v) is 5.07. The van der Waals surface area contributed by atoms with Gasteiger partial charge in [0.25, 0.3) is 0 Å². The number of benzene rings is 1. The highest BCUT2D eigenvalue weighted by Gasteiger charge is 2.33. The zero-order valence-electron chi connectivity index (χ0n) is 13.8. The van der Waals surface area contributed by atoms with Crippen LogP contribution in [0, 0.1) is 5.82 Å². The van der Waals surface area contributed by atoms with Gasteiger partial charge in [0.15, 0.2) is 5.89 Å². The summed E-state index contributed by atoms with van der Waals surface area (Å²) in [6, 6.07) is 6.70. The molecule has 0 amide bonds. The van der Waals surface area contributed by atoms with Crippen molar-refractivity contribution in [3.8, 4) is 0 Å². The topological polar surface area (TPSA) is 58.0 Å². The molecule has 1 aliphatic carbocycles. The lowest BCUT2D eigenvalue weighted by Gasteiger charge is -2.34. The fourth-order valence-corrected chi connectivity index (χ4v) is 3.63. The molecule has 5 nitrogen and oxygen atoms in total. The molecule has 0 bridgehead atoms. The Hall–Kier alpha value is -2.47. The molecule has 1 saturated carbocycles. The van der Waals surface area contributed by atoms with Crippen molar-refractivity contribution in [2.45, 2.75) is 37.8 Å². The first-order chi connectivity index (χ1) is 12.3. The minimum Gasteiger partial charge on any atom is -0.448 e. The summed E-state index contributed by atoms with van der Waals surface area (Å²) in [5, 5.41) is 0. The van der Waals surface area contributed by atoms with Gasteiger partial charge in [-0.05, 0) is 30.5 Å². The predicted octanol–water partition coefficient (Wildman–Crippen LogP) is 3.56. The Kier molecular flexibility index (Phi) is 3.45. The summed E-state index contributed by atoms with van der Waals surface area (Å²) in [7, 11) is 0. The van der Waals surface area contributed by atoms with Crippen molar-refractivity contribution >= 4 is 0 Å². The van der Waals surface area contributed by atoms with Gasteiger partial charge in [-0.1, -0.05) is 12.1 Å². The fraction of sp³-hybridized carbons (Fsp3) is 0.368. The van der Waals surface area contributed by atoms with Gasteiger partial charge in [0, 0.05) is 31.1 Å². The van der Waals surface area contributed by atoms with Gasteiger partial charge >= 0.3 is 0 Å². The molecular weight excluding hydrogens is 319 g/mol. The Morgan fingerprint density at radius 2 is 2.08 bits per heavy atom. The van der Waals surface area contributed by atoms with E-state index in [0.29, 0.717) is 12.5 Å². The number of aromatic amines is 1. The van der Waals surface area contributed by atoms with E-state index in [1.54, 1.807) is 12.6 Å². The number of aromatic nitrogens is 3. The van der Waals surface area contributed by atoms with Gasteiger partial charge in [-0.3, -0.25) is 4.90 Å². The second-order valence-electron chi connectivity index (χ2n) is 6.89. The molecule has 6 heteroatoms. The summed E-state index contributed by atoms with van der Waals surface area (Å²) < 4.78 is 19.0. The smallest absolute Gasteiger partial charge is 0.197 e. The Balaban J connectivity index is 1.47. The third kappa shape index (κ3) is 2.76. The summed E-state index contributed by atoms with van der Waals surface area (Å²) in [5.74, 6) is 1.16. The number of hydrogen-bond donors (Lipinski definition) is 1. The molecule has 1 atom stereocenters. The van der Waals surface area contributed by atoms with E-state index in [4.69, 9.17) is 4.42 Å². The van der Waals surface area contributed by atoms with Crippen molar-refractivity contribution < 1.29 is 8.81 Å². The van der Waals surface area contributed by atoms with E-state index in [1.807, 2.05) is 12.1 Å². The Labute approximate surface area is 144 Å². The minimum absolute atomic E-state index is 0.00308. The standard InChI is InChI=1S/C19H19FN4O/c20-14-5-3-12(4-6-14)18-17-16(21-11-22-17)7-8-24(18)9-15-10-25-19(23-15)13-1-2-13/h3-6,10-11,13,18H,1-2,7-9H2,(H,21,22). The quantitative estimate of drug-likeness (QED) is 0.790. The molecule has 5 rings (SSSR count). The highest BCUT2D eigenvalue weighted by atomic mass is 19.1. The first-order valence-electron chi connectivity index (χ1n) is 8.74. The average Bonchev–Trinajstić information content (AvgIpc) is 3.18. The summed E-state index contributed by atoms with van der Waals surface area (Å²) in [6.45, 7) is 1.59. The first-order valence-corrected chi connectivity index (χ1v) is 8.74. The molecule has 3 heterocycles. The highest BCUT2D eigenvalue weighted by Crippen LogP contribution is 2.40. The maximum atomic E-state index is 13.4. The molecule has 0 spiro atoms. The second-order valence-corrected chi connectivity index (χ2v) is 6.89. The van der Waals surface area contributed by atoms with Crippen molar-refractivity contribution in [3.05, 3.63) is 71.2 Å². The minimum atomic E-state index is -0.223. The van der Waals surface area contributed by atoms with E-state index >= 15 is 0 Å². The van der Waals surface area contributed by atoms with E-state index in [0.717, 1.165) is 41.5 Å². The highest BCUT2D eigenvalue weighted by molar-refractivity contribution is 5.33. The molecule has 1 aromatic carbocycles. The Morgan fingerprint density at radius 3 is 2.88 bits per heavy atom. The third-order valence-electron chi connectivity index (χ3n) is 5.07. The number of hydrogen-bond acceptors (Lipinski definition) is 4. The van der Waals surface area contributed by atoms with E-state index in [2.05, 4.69) is 19.9 Å². The largest absolute Gasteiger partial charge is 0.448 e. The maximum Gasteiger partial charge on any atom is 0.197 e. The first kappa shape index (κ1) is 14.8.